The first kappa shape index (κ1) is 18.1. The van der Waals surface area contributed by atoms with E-state index in [0.717, 1.165) is 51.4 Å². The number of hydrogen-bond donors (Lipinski definition) is 0. The maximum absolute atomic E-state index is 14.3. The highest BCUT2D eigenvalue weighted by molar-refractivity contribution is 5.97. The zero-order valence-corrected chi connectivity index (χ0v) is 14.8. The van der Waals surface area contributed by atoms with E-state index in [9.17, 15) is 13.6 Å². The van der Waals surface area contributed by atoms with Crippen molar-refractivity contribution in [2.75, 3.05) is 33.3 Å². The largest absolute Gasteiger partial charge is 0.496 e. The smallest absolute Gasteiger partial charge is 0.260 e. The standard InChI is InChI=1S/C19H26F2N2O2/c1-25-16-8-7-15(20)18(21)17(16)19(24)23-12-3-2-6-14(23)9-13-22-10-4-5-11-22/h7-8,14H,2-6,9-13H2,1H3/t14-/m0/s1. The summed E-state index contributed by atoms with van der Waals surface area (Å²) in [5.41, 5.74) is -0.282. The maximum Gasteiger partial charge on any atom is 0.260 e. The van der Waals surface area contributed by atoms with Gasteiger partial charge >= 0.3 is 0 Å². The number of carbonyl (C=O) groups is 1. The number of amides is 1. The van der Waals surface area contributed by atoms with Gasteiger partial charge in [0.1, 0.15) is 11.3 Å². The van der Waals surface area contributed by atoms with Crippen molar-refractivity contribution < 1.29 is 18.3 Å². The molecule has 138 valence electrons. The van der Waals surface area contributed by atoms with Crippen LogP contribution in [-0.2, 0) is 0 Å². The van der Waals surface area contributed by atoms with Crippen molar-refractivity contribution in [1.82, 2.24) is 9.80 Å². The molecule has 4 nitrogen and oxygen atoms in total. The third kappa shape index (κ3) is 3.94. The molecule has 0 unspecified atom stereocenters. The highest BCUT2D eigenvalue weighted by atomic mass is 19.2. The second kappa shape index (κ2) is 8.13. The second-order valence-electron chi connectivity index (χ2n) is 6.92. The summed E-state index contributed by atoms with van der Waals surface area (Å²) in [5.74, 6) is -2.50. The molecule has 0 radical (unpaired) electrons. The summed E-state index contributed by atoms with van der Waals surface area (Å²) < 4.78 is 33.1. The normalized spacial score (nSPS) is 21.6. The van der Waals surface area contributed by atoms with Crippen LogP contribution in [0.3, 0.4) is 0 Å². The fourth-order valence-electron chi connectivity index (χ4n) is 3.95. The summed E-state index contributed by atoms with van der Waals surface area (Å²) in [7, 11) is 1.37. The molecule has 2 aliphatic heterocycles. The molecule has 0 bridgehead atoms. The summed E-state index contributed by atoms with van der Waals surface area (Å²) in [6.07, 6.45) is 6.23. The Kier molecular flexibility index (Phi) is 5.89. The van der Waals surface area contributed by atoms with Crippen LogP contribution in [0.25, 0.3) is 0 Å². The maximum atomic E-state index is 14.3. The van der Waals surface area contributed by atoms with E-state index in [4.69, 9.17) is 4.74 Å². The number of halogens is 2. The van der Waals surface area contributed by atoms with Crippen LogP contribution in [0.2, 0.25) is 0 Å². The highest BCUT2D eigenvalue weighted by Crippen LogP contribution is 2.29. The first-order chi connectivity index (χ1) is 12.1. The molecule has 0 aromatic heterocycles. The Balaban J connectivity index is 1.77. The van der Waals surface area contributed by atoms with Gasteiger partial charge in [-0.2, -0.15) is 0 Å². The first-order valence-electron chi connectivity index (χ1n) is 9.17. The molecular weight excluding hydrogens is 326 g/mol. The van der Waals surface area contributed by atoms with E-state index in [-0.39, 0.29) is 17.4 Å². The Morgan fingerprint density at radius 3 is 2.60 bits per heavy atom. The lowest BCUT2D eigenvalue weighted by Crippen LogP contribution is -2.45. The molecule has 0 N–H and O–H groups in total. The second-order valence-corrected chi connectivity index (χ2v) is 6.92. The van der Waals surface area contributed by atoms with Gasteiger partial charge in [0.15, 0.2) is 11.6 Å². The van der Waals surface area contributed by atoms with Gasteiger partial charge in [0.05, 0.1) is 7.11 Å². The molecule has 2 fully saturated rings. The Hall–Kier alpha value is -1.69. The van der Waals surface area contributed by atoms with Crippen LogP contribution < -0.4 is 4.74 Å². The SMILES string of the molecule is COc1ccc(F)c(F)c1C(=O)N1CCCC[C@H]1CCN1CCCC1. The van der Waals surface area contributed by atoms with E-state index in [1.165, 1.54) is 26.0 Å². The number of piperidine rings is 1. The predicted octanol–water partition coefficient (Wildman–Crippen LogP) is 3.45. The molecule has 0 spiro atoms. The number of ether oxygens (including phenoxy) is 1. The van der Waals surface area contributed by atoms with E-state index in [1.54, 1.807) is 4.90 Å². The number of methoxy groups -OCH3 is 1. The summed E-state index contributed by atoms with van der Waals surface area (Å²) in [6, 6.07) is 2.38. The molecule has 2 heterocycles. The molecule has 0 aliphatic carbocycles. The number of likely N-dealkylation sites (tertiary alicyclic amines) is 2. The molecule has 1 amide bonds. The minimum atomic E-state index is -1.12. The van der Waals surface area contributed by atoms with E-state index < -0.39 is 17.5 Å². The van der Waals surface area contributed by atoms with Gasteiger partial charge in [-0.25, -0.2) is 8.78 Å². The van der Waals surface area contributed by atoms with Crippen LogP contribution in [0.1, 0.15) is 48.9 Å². The van der Waals surface area contributed by atoms with E-state index in [1.807, 2.05) is 0 Å². The van der Waals surface area contributed by atoms with Crippen LogP contribution in [0, 0.1) is 11.6 Å². The van der Waals surface area contributed by atoms with Crippen molar-refractivity contribution in [1.29, 1.82) is 0 Å². The van der Waals surface area contributed by atoms with Gasteiger partial charge < -0.3 is 14.5 Å². The minimum absolute atomic E-state index is 0.0780. The third-order valence-electron chi connectivity index (χ3n) is 5.36. The molecule has 1 aromatic carbocycles. The fraction of sp³-hybridized carbons (Fsp3) is 0.632. The van der Waals surface area contributed by atoms with Gasteiger partial charge in [0, 0.05) is 19.1 Å². The number of carbonyl (C=O) groups excluding carboxylic acids is 1. The zero-order valence-electron chi connectivity index (χ0n) is 14.8. The van der Waals surface area contributed by atoms with Crippen LogP contribution in [0.5, 0.6) is 5.75 Å². The Morgan fingerprint density at radius 2 is 1.88 bits per heavy atom. The summed E-state index contributed by atoms with van der Waals surface area (Å²) in [5, 5.41) is 0. The molecule has 3 rings (SSSR count). The average Bonchev–Trinajstić information content (AvgIpc) is 3.15. The van der Waals surface area contributed by atoms with Gasteiger partial charge in [-0.1, -0.05) is 0 Å². The first-order valence-corrected chi connectivity index (χ1v) is 9.17. The quantitative estimate of drug-likeness (QED) is 0.814. The van der Waals surface area contributed by atoms with E-state index in [2.05, 4.69) is 4.90 Å². The van der Waals surface area contributed by atoms with Crippen LogP contribution in [0.4, 0.5) is 8.78 Å². The van der Waals surface area contributed by atoms with Crippen molar-refractivity contribution in [2.24, 2.45) is 0 Å². The van der Waals surface area contributed by atoms with Crippen molar-refractivity contribution in [3.8, 4) is 5.75 Å². The topological polar surface area (TPSA) is 32.8 Å². The Bertz CT molecular complexity index is 618. The minimum Gasteiger partial charge on any atom is -0.496 e. The number of rotatable bonds is 5. The van der Waals surface area contributed by atoms with Crippen molar-refractivity contribution >= 4 is 5.91 Å². The number of nitrogens with zero attached hydrogens (tertiary/aromatic N) is 2. The predicted molar refractivity (Wildman–Crippen MR) is 91.9 cm³/mol. The zero-order chi connectivity index (χ0) is 17.8. The molecule has 2 aliphatic rings. The molecule has 25 heavy (non-hydrogen) atoms. The molecule has 2 saturated heterocycles. The number of hydrogen-bond acceptors (Lipinski definition) is 3. The molecular formula is C19H26F2N2O2. The fourth-order valence-corrected chi connectivity index (χ4v) is 3.95. The molecule has 1 aromatic rings. The monoisotopic (exact) mass is 352 g/mol. The summed E-state index contributed by atoms with van der Waals surface area (Å²) >= 11 is 0. The average molecular weight is 352 g/mol. The van der Waals surface area contributed by atoms with Crippen LogP contribution in [-0.4, -0.2) is 55.0 Å². The third-order valence-corrected chi connectivity index (χ3v) is 5.36. The van der Waals surface area contributed by atoms with Crippen molar-refractivity contribution in [3.63, 3.8) is 0 Å². The highest BCUT2D eigenvalue weighted by Gasteiger charge is 2.32. The molecule has 0 saturated carbocycles. The van der Waals surface area contributed by atoms with Crippen molar-refractivity contribution in [2.45, 2.75) is 44.6 Å². The Labute approximate surface area is 147 Å². The lowest BCUT2D eigenvalue weighted by Gasteiger charge is -2.37. The molecule has 6 heteroatoms. The lowest BCUT2D eigenvalue weighted by molar-refractivity contribution is 0.0578. The van der Waals surface area contributed by atoms with E-state index in [0.29, 0.717) is 6.54 Å². The van der Waals surface area contributed by atoms with Gasteiger partial charge in [0.2, 0.25) is 0 Å². The van der Waals surface area contributed by atoms with Gasteiger partial charge in [-0.3, -0.25) is 4.79 Å². The number of benzene rings is 1. The van der Waals surface area contributed by atoms with Crippen LogP contribution >= 0.6 is 0 Å². The summed E-state index contributed by atoms with van der Waals surface area (Å²) in [4.78, 5) is 17.1. The van der Waals surface area contributed by atoms with Crippen molar-refractivity contribution in [3.05, 3.63) is 29.3 Å². The van der Waals surface area contributed by atoms with Gasteiger partial charge in [-0.05, 0) is 63.7 Å². The van der Waals surface area contributed by atoms with Gasteiger partial charge in [-0.15, -0.1) is 0 Å². The van der Waals surface area contributed by atoms with E-state index >= 15 is 0 Å². The lowest BCUT2D eigenvalue weighted by atomic mass is 9.97. The van der Waals surface area contributed by atoms with Crippen LogP contribution in [0.15, 0.2) is 12.1 Å². The molecule has 1 atom stereocenters. The van der Waals surface area contributed by atoms with Gasteiger partial charge in [0.25, 0.3) is 5.91 Å². The summed E-state index contributed by atoms with van der Waals surface area (Å²) in [6.45, 7) is 3.78. The Morgan fingerprint density at radius 1 is 1.16 bits per heavy atom.